The lowest BCUT2D eigenvalue weighted by Gasteiger charge is -2.16. The highest BCUT2D eigenvalue weighted by Crippen LogP contribution is 2.16. The van der Waals surface area contributed by atoms with Crippen LogP contribution in [0.4, 0.5) is 0 Å². The van der Waals surface area contributed by atoms with Gasteiger partial charge in [-0.25, -0.2) is 0 Å². The molecule has 1 atom stereocenters. The zero-order valence-electron chi connectivity index (χ0n) is 13.6. The van der Waals surface area contributed by atoms with Gasteiger partial charge in [0.15, 0.2) is 0 Å². The molecule has 0 heterocycles. The third-order valence-corrected chi connectivity index (χ3v) is 2.93. The average Bonchev–Trinajstić information content (AvgIpc) is 2.50. The first-order chi connectivity index (χ1) is 10.9. The Morgan fingerprint density at radius 2 is 1.74 bits per heavy atom. The average molecular weight is 321 g/mol. The van der Waals surface area contributed by atoms with Crippen LogP contribution in [0.25, 0.3) is 0 Å². The Morgan fingerprint density at radius 3 is 2.39 bits per heavy atom. The topological polar surface area (TPSA) is 96.5 Å². The smallest absolute Gasteiger partial charge is 0.239 e. The molecule has 1 rings (SSSR count). The number of carbonyl (C=O) groups is 3. The quantitative estimate of drug-likeness (QED) is 0.634. The van der Waals surface area contributed by atoms with E-state index >= 15 is 0 Å². The Labute approximate surface area is 135 Å². The van der Waals surface area contributed by atoms with Gasteiger partial charge < -0.3 is 20.7 Å². The number of nitrogens with one attached hydrogen (secondary N) is 3. The van der Waals surface area contributed by atoms with Crippen molar-refractivity contribution in [2.24, 2.45) is 0 Å². The number of amides is 3. The summed E-state index contributed by atoms with van der Waals surface area (Å²) < 4.78 is 5.64. The van der Waals surface area contributed by atoms with Crippen LogP contribution in [0.15, 0.2) is 24.3 Å². The lowest BCUT2D eigenvalue weighted by molar-refractivity contribution is -0.127. The van der Waals surface area contributed by atoms with Gasteiger partial charge in [-0.05, 0) is 25.5 Å². The summed E-state index contributed by atoms with van der Waals surface area (Å²) in [5, 5.41) is 7.49. The summed E-state index contributed by atoms with van der Waals surface area (Å²) >= 11 is 0. The summed E-state index contributed by atoms with van der Waals surface area (Å²) in [6, 6.07) is 7.43. The van der Waals surface area contributed by atoms with Crippen molar-refractivity contribution in [1.82, 2.24) is 16.0 Å². The summed E-state index contributed by atoms with van der Waals surface area (Å²) in [4.78, 5) is 33.7. The molecule has 0 aromatic heterocycles. The predicted molar refractivity (Wildman–Crippen MR) is 86.0 cm³/mol. The number of carbonyl (C=O) groups excluding carboxylic acids is 3. The Kier molecular flexibility index (Phi) is 7.59. The van der Waals surface area contributed by atoms with E-state index < -0.39 is 5.91 Å². The van der Waals surface area contributed by atoms with Gasteiger partial charge in [-0.3, -0.25) is 14.4 Å². The molecule has 7 nitrogen and oxygen atoms in total. The van der Waals surface area contributed by atoms with Gasteiger partial charge in [0.25, 0.3) is 0 Å². The minimum atomic E-state index is -0.417. The fourth-order valence-corrected chi connectivity index (χ4v) is 1.75. The van der Waals surface area contributed by atoms with Gasteiger partial charge in [0.05, 0.1) is 19.1 Å². The zero-order chi connectivity index (χ0) is 17.2. The second kappa shape index (κ2) is 9.45. The summed E-state index contributed by atoms with van der Waals surface area (Å²) in [6.07, 6.45) is 0. The Hall–Kier alpha value is -2.57. The molecule has 1 unspecified atom stereocenters. The van der Waals surface area contributed by atoms with Crippen LogP contribution in [0.3, 0.4) is 0 Å². The van der Waals surface area contributed by atoms with E-state index in [1.807, 2.05) is 38.1 Å². The van der Waals surface area contributed by atoms with E-state index in [1.165, 1.54) is 6.92 Å². The molecule has 3 amide bonds. The maximum absolute atomic E-state index is 11.7. The summed E-state index contributed by atoms with van der Waals surface area (Å²) in [7, 11) is 0. The maximum Gasteiger partial charge on any atom is 0.239 e. The van der Waals surface area contributed by atoms with E-state index in [0.717, 1.165) is 11.3 Å². The Balaban J connectivity index is 2.24. The minimum Gasteiger partial charge on any atom is -0.491 e. The van der Waals surface area contributed by atoms with Crippen molar-refractivity contribution in [3.63, 3.8) is 0 Å². The van der Waals surface area contributed by atoms with Gasteiger partial charge in [0, 0.05) is 6.92 Å². The first-order valence-electron chi connectivity index (χ1n) is 7.37. The van der Waals surface area contributed by atoms with Gasteiger partial charge in [-0.2, -0.15) is 0 Å². The number of hydrogen-bond acceptors (Lipinski definition) is 4. The largest absolute Gasteiger partial charge is 0.491 e. The molecular weight excluding hydrogens is 298 g/mol. The van der Waals surface area contributed by atoms with Crippen LogP contribution in [-0.2, 0) is 14.4 Å². The molecule has 1 aromatic rings. The molecule has 0 bridgehead atoms. The number of rotatable bonds is 8. The normalized spacial score (nSPS) is 11.3. The summed E-state index contributed by atoms with van der Waals surface area (Å²) in [6.45, 7) is 5.12. The standard InChI is InChI=1S/C16H23N3O4/c1-11-6-4-5-7-14(11)23-10-12(2)19-16(22)9-18-15(21)8-17-13(3)20/h4-7,12H,8-10H2,1-3H3,(H,17,20)(H,18,21)(H,19,22). The fourth-order valence-electron chi connectivity index (χ4n) is 1.75. The van der Waals surface area contributed by atoms with Crippen molar-refractivity contribution in [2.75, 3.05) is 19.7 Å². The van der Waals surface area contributed by atoms with Crippen LogP contribution < -0.4 is 20.7 Å². The third kappa shape index (κ3) is 7.85. The van der Waals surface area contributed by atoms with E-state index in [0.29, 0.717) is 6.61 Å². The van der Waals surface area contributed by atoms with Gasteiger partial charge in [0.2, 0.25) is 17.7 Å². The number of hydrogen-bond donors (Lipinski definition) is 3. The molecule has 0 saturated carbocycles. The molecule has 0 aliphatic carbocycles. The van der Waals surface area contributed by atoms with Crippen LogP contribution in [0, 0.1) is 6.92 Å². The first kappa shape index (κ1) is 18.5. The van der Waals surface area contributed by atoms with Crippen molar-refractivity contribution in [3.05, 3.63) is 29.8 Å². The van der Waals surface area contributed by atoms with E-state index in [4.69, 9.17) is 4.74 Å². The van der Waals surface area contributed by atoms with Crippen LogP contribution in [0.1, 0.15) is 19.4 Å². The van der Waals surface area contributed by atoms with E-state index in [1.54, 1.807) is 0 Å². The molecule has 0 aliphatic rings. The molecule has 3 N–H and O–H groups in total. The number of ether oxygens (including phenoxy) is 1. The maximum atomic E-state index is 11.7. The zero-order valence-corrected chi connectivity index (χ0v) is 13.6. The highest BCUT2D eigenvalue weighted by atomic mass is 16.5. The molecule has 126 valence electrons. The van der Waals surface area contributed by atoms with Crippen LogP contribution >= 0.6 is 0 Å². The van der Waals surface area contributed by atoms with Crippen LogP contribution in [0.2, 0.25) is 0 Å². The van der Waals surface area contributed by atoms with E-state index in [-0.39, 0.29) is 30.9 Å². The summed E-state index contributed by atoms with van der Waals surface area (Å²) in [5.74, 6) is -0.259. The molecule has 0 spiro atoms. The Morgan fingerprint density at radius 1 is 1.09 bits per heavy atom. The van der Waals surface area contributed by atoms with Gasteiger partial charge >= 0.3 is 0 Å². The molecular formula is C16H23N3O4. The van der Waals surface area contributed by atoms with Crippen molar-refractivity contribution in [3.8, 4) is 5.75 Å². The molecule has 0 fully saturated rings. The highest BCUT2D eigenvalue weighted by Gasteiger charge is 2.10. The van der Waals surface area contributed by atoms with Crippen LogP contribution in [-0.4, -0.2) is 43.5 Å². The number of para-hydroxylation sites is 1. The summed E-state index contributed by atoms with van der Waals surface area (Å²) in [5.41, 5.74) is 1.02. The predicted octanol–water partition coefficient (Wildman–Crippen LogP) is 0.131. The molecule has 0 saturated heterocycles. The molecule has 1 aromatic carbocycles. The van der Waals surface area contributed by atoms with Gasteiger partial charge in [-0.15, -0.1) is 0 Å². The van der Waals surface area contributed by atoms with Crippen LogP contribution in [0.5, 0.6) is 5.75 Å². The van der Waals surface area contributed by atoms with Crippen molar-refractivity contribution in [2.45, 2.75) is 26.8 Å². The number of benzene rings is 1. The second-order valence-corrected chi connectivity index (χ2v) is 5.23. The fraction of sp³-hybridized carbons (Fsp3) is 0.438. The second-order valence-electron chi connectivity index (χ2n) is 5.23. The molecule has 0 aliphatic heterocycles. The monoisotopic (exact) mass is 321 g/mol. The number of aryl methyl sites for hydroxylation is 1. The third-order valence-electron chi connectivity index (χ3n) is 2.93. The molecule has 0 radical (unpaired) electrons. The van der Waals surface area contributed by atoms with Gasteiger partial charge in [-0.1, -0.05) is 18.2 Å². The van der Waals surface area contributed by atoms with Crippen molar-refractivity contribution in [1.29, 1.82) is 0 Å². The lowest BCUT2D eigenvalue weighted by atomic mass is 10.2. The van der Waals surface area contributed by atoms with Crippen molar-refractivity contribution >= 4 is 17.7 Å². The SMILES string of the molecule is CC(=O)NCC(=O)NCC(=O)NC(C)COc1ccccc1C. The lowest BCUT2D eigenvalue weighted by Crippen LogP contribution is -2.45. The minimum absolute atomic E-state index is 0.144. The van der Waals surface area contributed by atoms with E-state index in [2.05, 4.69) is 16.0 Å². The molecule has 7 heteroatoms. The van der Waals surface area contributed by atoms with Gasteiger partial charge in [0.1, 0.15) is 12.4 Å². The molecule has 23 heavy (non-hydrogen) atoms. The highest BCUT2D eigenvalue weighted by molar-refractivity contribution is 5.87. The Bertz CT molecular complexity index is 560. The first-order valence-corrected chi connectivity index (χ1v) is 7.37. The van der Waals surface area contributed by atoms with Crippen molar-refractivity contribution < 1.29 is 19.1 Å². The van der Waals surface area contributed by atoms with E-state index in [9.17, 15) is 14.4 Å².